The monoisotopic (exact) mass is 257 g/mol. The molecule has 0 atom stereocenters. The Morgan fingerprint density at radius 2 is 2.11 bits per heavy atom. The molecule has 1 fully saturated rings. The van der Waals surface area contributed by atoms with Crippen LogP contribution in [0.3, 0.4) is 0 Å². The van der Waals surface area contributed by atoms with Crippen molar-refractivity contribution in [2.24, 2.45) is 0 Å². The summed E-state index contributed by atoms with van der Waals surface area (Å²) < 4.78 is 16.6. The van der Waals surface area contributed by atoms with Gasteiger partial charge in [0.25, 0.3) is 0 Å². The number of imidazole rings is 1. The Hall–Kier alpha value is -2.35. The predicted octanol–water partition coefficient (Wildman–Crippen LogP) is 2.04. The van der Waals surface area contributed by atoms with E-state index in [9.17, 15) is 9.18 Å². The highest BCUT2D eigenvalue weighted by atomic mass is 19.1. The van der Waals surface area contributed by atoms with E-state index in [1.165, 1.54) is 16.7 Å². The van der Waals surface area contributed by atoms with Gasteiger partial charge in [0.15, 0.2) is 0 Å². The number of rotatable bonds is 3. The van der Waals surface area contributed by atoms with Crippen molar-refractivity contribution in [1.29, 1.82) is 5.26 Å². The molecule has 0 spiro atoms. The summed E-state index contributed by atoms with van der Waals surface area (Å²) in [5, 5.41) is 8.80. The first kappa shape index (κ1) is 11.7. The van der Waals surface area contributed by atoms with Crippen molar-refractivity contribution in [1.82, 2.24) is 9.13 Å². The maximum Gasteiger partial charge on any atom is 0.328 e. The number of halogens is 1. The van der Waals surface area contributed by atoms with E-state index in [-0.39, 0.29) is 17.8 Å². The van der Waals surface area contributed by atoms with Gasteiger partial charge in [-0.3, -0.25) is 9.13 Å². The first-order valence-electron chi connectivity index (χ1n) is 6.14. The summed E-state index contributed by atoms with van der Waals surface area (Å²) >= 11 is 0. The molecule has 0 N–H and O–H groups in total. The lowest BCUT2D eigenvalue weighted by Gasteiger charge is -2.03. The lowest BCUT2D eigenvalue weighted by molar-refractivity contribution is 0.619. The summed E-state index contributed by atoms with van der Waals surface area (Å²) in [6.07, 6.45) is 5.56. The average Bonchev–Trinajstić information content (AvgIpc) is 3.16. The van der Waals surface area contributed by atoms with Crippen molar-refractivity contribution < 1.29 is 4.39 Å². The Labute approximate surface area is 109 Å². The van der Waals surface area contributed by atoms with Gasteiger partial charge in [0.05, 0.1) is 18.2 Å². The van der Waals surface area contributed by atoms with Crippen molar-refractivity contribution in [2.45, 2.75) is 25.4 Å². The van der Waals surface area contributed by atoms with Crippen LogP contribution >= 0.6 is 0 Å². The predicted molar refractivity (Wildman–Crippen MR) is 67.2 cm³/mol. The Balaban J connectivity index is 1.91. The molecule has 0 amide bonds. The van der Waals surface area contributed by atoms with Crippen molar-refractivity contribution in [2.75, 3.05) is 0 Å². The van der Waals surface area contributed by atoms with E-state index in [1.54, 1.807) is 23.0 Å². The summed E-state index contributed by atoms with van der Waals surface area (Å²) in [6.45, 7) is 0.283. The van der Waals surface area contributed by atoms with Gasteiger partial charge >= 0.3 is 5.69 Å². The lowest BCUT2D eigenvalue weighted by atomic mass is 10.1. The molecular formula is C14H12FN3O. The summed E-state index contributed by atoms with van der Waals surface area (Å²) in [4.78, 5) is 12.1. The lowest BCUT2D eigenvalue weighted by Crippen LogP contribution is -2.23. The maximum absolute atomic E-state index is 13.3. The third-order valence-electron chi connectivity index (χ3n) is 3.25. The highest BCUT2D eigenvalue weighted by Gasteiger charge is 2.25. The third-order valence-corrected chi connectivity index (χ3v) is 3.25. The molecule has 0 radical (unpaired) electrons. The molecule has 0 bridgehead atoms. The summed E-state index contributed by atoms with van der Waals surface area (Å²) in [5.74, 6) is -0.455. The Morgan fingerprint density at radius 1 is 1.32 bits per heavy atom. The number of nitriles is 1. The fourth-order valence-electron chi connectivity index (χ4n) is 2.18. The molecule has 0 aliphatic heterocycles. The molecular weight excluding hydrogens is 245 g/mol. The van der Waals surface area contributed by atoms with Gasteiger partial charge in [0.1, 0.15) is 5.82 Å². The van der Waals surface area contributed by atoms with Crippen molar-refractivity contribution in [3.05, 3.63) is 58.0 Å². The molecule has 0 saturated heterocycles. The molecule has 1 aromatic heterocycles. The van der Waals surface area contributed by atoms with Crippen LogP contribution < -0.4 is 5.69 Å². The summed E-state index contributed by atoms with van der Waals surface area (Å²) in [5.41, 5.74) is 0.808. The van der Waals surface area contributed by atoms with Crippen LogP contribution in [0.4, 0.5) is 4.39 Å². The van der Waals surface area contributed by atoms with E-state index >= 15 is 0 Å². The standard InChI is InChI=1S/C14H12FN3O/c15-12-6-10(8-16)5-11(7-12)9-17-3-4-18(14(17)19)13-1-2-13/h3-7,13H,1-2,9H2. The molecule has 1 saturated carbocycles. The molecule has 2 aromatic rings. The number of hydrogen-bond acceptors (Lipinski definition) is 2. The minimum Gasteiger partial charge on any atom is -0.296 e. The molecule has 4 nitrogen and oxygen atoms in total. The van der Waals surface area contributed by atoms with Crippen LogP contribution in [0.5, 0.6) is 0 Å². The molecule has 1 aromatic carbocycles. The number of aromatic nitrogens is 2. The van der Waals surface area contributed by atoms with Gasteiger partial charge < -0.3 is 0 Å². The second-order valence-electron chi connectivity index (χ2n) is 4.81. The maximum atomic E-state index is 13.3. The van der Waals surface area contributed by atoms with Crippen LogP contribution in [0.15, 0.2) is 35.4 Å². The van der Waals surface area contributed by atoms with E-state index in [4.69, 9.17) is 5.26 Å². The van der Waals surface area contributed by atoms with E-state index in [0.29, 0.717) is 11.6 Å². The zero-order valence-corrected chi connectivity index (χ0v) is 10.2. The van der Waals surface area contributed by atoms with Gasteiger partial charge in [-0.15, -0.1) is 0 Å². The number of nitrogens with zero attached hydrogens (tertiary/aromatic N) is 3. The van der Waals surface area contributed by atoms with Gasteiger partial charge in [0.2, 0.25) is 0 Å². The molecule has 5 heteroatoms. The molecule has 19 heavy (non-hydrogen) atoms. The van der Waals surface area contributed by atoms with E-state index in [0.717, 1.165) is 12.8 Å². The van der Waals surface area contributed by atoms with Crippen LogP contribution in [0, 0.1) is 17.1 Å². The van der Waals surface area contributed by atoms with Gasteiger partial charge in [0, 0.05) is 18.4 Å². The van der Waals surface area contributed by atoms with E-state index in [2.05, 4.69) is 0 Å². The van der Waals surface area contributed by atoms with E-state index < -0.39 is 5.82 Å². The van der Waals surface area contributed by atoms with Gasteiger partial charge in [-0.25, -0.2) is 9.18 Å². The van der Waals surface area contributed by atoms with Crippen LogP contribution in [0.2, 0.25) is 0 Å². The van der Waals surface area contributed by atoms with Crippen LogP contribution in [-0.2, 0) is 6.54 Å². The Bertz CT molecular complexity index is 719. The van der Waals surface area contributed by atoms with E-state index in [1.807, 2.05) is 6.07 Å². The van der Waals surface area contributed by atoms with Gasteiger partial charge in [-0.2, -0.15) is 5.26 Å². The molecule has 1 aliphatic rings. The van der Waals surface area contributed by atoms with Crippen LogP contribution in [0.1, 0.15) is 30.0 Å². The smallest absolute Gasteiger partial charge is 0.296 e. The summed E-state index contributed by atoms with van der Waals surface area (Å²) in [7, 11) is 0. The minimum atomic E-state index is -0.455. The quantitative estimate of drug-likeness (QED) is 0.845. The highest BCUT2D eigenvalue weighted by Crippen LogP contribution is 2.33. The number of hydrogen-bond donors (Lipinski definition) is 0. The third kappa shape index (κ3) is 2.29. The second-order valence-corrected chi connectivity index (χ2v) is 4.81. The molecule has 3 rings (SSSR count). The largest absolute Gasteiger partial charge is 0.328 e. The normalized spacial score (nSPS) is 14.3. The zero-order valence-electron chi connectivity index (χ0n) is 10.2. The van der Waals surface area contributed by atoms with Gasteiger partial charge in [-0.1, -0.05) is 0 Å². The zero-order chi connectivity index (χ0) is 13.4. The van der Waals surface area contributed by atoms with Crippen molar-refractivity contribution >= 4 is 0 Å². The first-order chi connectivity index (χ1) is 9.17. The molecule has 96 valence electrons. The second kappa shape index (κ2) is 4.39. The van der Waals surface area contributed by atoms with Crippen LogP contribution in [0.25, 0.3) is 0 Å². The first-order valence-corrected chi connectivity index (χ1v) is 6.14. The Kier molecular flexibility index (Phi) is 2.71. The topological polar surface area (TPSA) is 50.7 Å². The Morgan fingerprint density at radius 3 is 2.79 bits per heavy atom. The fourth-order valence-corrected chi connectivity index (χ4v) is 2.18. The SMILES string of the molecule is N#Cc1cc(F)cc(Cn2ccn(C3CC3)c2=O)c1. The van der Waals surface area contributed by atoms with Crippen molar-refractivity contribution in [3.63, 3.8) is 0 Å². The van der Waals surface area contributed by atoms with Gasteiger partial charge in [-0.05, 0) is 36.6 Å². The highest BCUT2D eigenvalue weighted by molar-refractivity contribution is 5.33. The molecule has 1 aliphatic carbocycles. The minimum absolute atomic E-state index is 0.0785. The summed E-state index contributed by atoms with van der Waals surface area (Å²) in [6, 6.07) is 6.37. The number of benzene rings is 1. The molecule has 0 unspecified atom stereocenters. The van der Waals surface area contributed by atoms with Crippen LogP contribution in [-0.4, -0.2) is 9.13 Å². The molecule has 1 heterocycles. The van der Waals surface area contributed by atoms with Crippen molar-refractivity contribution in [3.8, 4) is 6.07 Å². The fraction of sp³-hybridized carbons (Fsp3) is 0.286. The average molecular weight is 257 g/mol.